The molecule has 5 heterocycles. The summed E-state index contributed by atoms with van der Waals surface area (Å²) in [5, 5.41) is 47.9. The number of carbonyl (C=O) groups is 11. The predicted molar refractivity (Wildman–Crippen MR) is 476 cm³/mol. The van der Waals surface area contributed by atoms with Crippen LogP contribution in [-0.2, 0) is 154 Å². The van der Waals surface area contributed by atoms with E-state index >= 15 is 4.39 Å². The second kappa shape index (κ2) is 56.3. The first kappa shape index (κ1) is 104. The first-order chi connectivity index (χ1) is 64.6. The Labute approximate surface area is 771 Å². The number of nitrogens with zero attached hydrogens (tertiary/aromatic N) is 5. The number of pyridine rings is 2. The van der Waals surface area contributed by atoms with Gasteiger partial charge in [-0.25, -0.2) is 18.9 Å². The third kappa shape index (κ3) is 33.3. The molecule has 10 rings (SSSR count). The highest BCUT2D eigenvalue weighted by atomic mass is 19.1. The number of ether oxygens (including phenoxy) is 12. The molecule has 0 saturated carbocycles. The molecule has 2 aromatic carbocycles. The topological polar surface area (TPSA) is 505 Å². The number of unbranched alkanes of at least 4 members (excludes halogenated alkanes) is 1. The molecule has 133 heavy (non-hydrogen) atoms. The minimum absolute atomic E-state index is 0.0106. The number of hydrogen-bond acceptors (Lipinski definition) is 28. The first-order valence-corrected chi connectivity index (χ1v) is 46.1. The van der Waals surface area contributed by atoms with Crippen molar-refractivity contribution in [3.05, 3.63) is 109 Å². The fourth-order valence-electron chi connectivity index (χ4n) is 15.9. The number of nitrogens with one attached hydrogen (secondary N) is 10. The quantitative estimate of drug-likeness (QED) is 0.0112. The minimum atomic E-state index is -2.08. The molecule has 2 aliphatic heterocycles. The van der Waals surface area contributed by atoms with Crippen molar-refractivity contribution in [2.45, 2.75) is 198 Å². The van der Waals surface area contributed by atoms with Crippen LogP contribution in [0.3, 0.4) is 0 Å². The monoisotopic (exact) mass is 1860 g/mol. The molecule has 40 nitrogen and oxygen atoms in total. The molecule has 0 spiro atoms. The summed E-state index contributed by atoms with van der Waals surface area (Å²) >= 11 is 0. The Morgan fingerprint density at radius 3 is 1.87 bits per heavy atom. The van der Waals surface area contributed by atoms with Gasteiger partial charge >= 0.3 is 5.97 Å². The zero-order valence-corrected chi connectivity index (χ0v) is 76.2. The third-order valence-electron chi connectivity index (χ3n) is 22.9. The Balaban J connectivity index is 0.646. The van der Waals surface area contributed by atoms with Crippen molar-refractivity contribution in [2.24, 2.45) is 0 Å². The van der Waals surface area contributed by atoms with Gasteiger partial charge in [0.05, 0.1) is 166 Å². The van der Waals surface area contributed by atoms with Gasteiger partial charge in [-0.2, -0.15) is 0 Å². The molecule has 3 aromatic heterocycles. The van der Waals surface area contributed by atoms with Crippen LogP contribution in [0.1, 0.15) is 179 Å². The predicted octanol–water partition coefficient (Wildman–Crippen LogP) is 1.55. The molecular weight excluding hydrogens is 1730 g/mol. The smallest absolute Gasteiger partial charge is 0.343 e. The summed E-state index contributed by atoms with van der Waals surface area (Å²) < 4.78 is 86.0. The Kier molecular flexibility index (Phi) is 44.1. The number of hydrogen-bond donors (Lipinski definition) is 11. The van der Waals surface area contributed by atoms with Gasteiger partial charge in [0.25, 0.3) is 5.56 Å². The molecule has 0 fully saturated rings. The lowest BCUT2D eigenvalue weighted by Gasteiger charge is -2.31. The molecular formula is C92H128FN15O25. The lowest BCUT2D eigenvalue weighted by molar-refractivity contribution is -0.172. The number of fused-ring (bicyclic) bond motifs is 6. The van der Waals surface area contributed by atoms with Crippen molar-refractivity contribution in [2.75, 3.05) is 172 Å². The molecule has 3 aliphatic carbocycles. The average molecular weight is 1860 g/mol. The molecule has 2 unspecified atom stereocenters. The van der Waals surface area contributed by atoms with Gasteiger partial charge in [0.15, 0.2) is 5.60 Å². The highest BCUT2D eigenvalue weighted by molar-refractivity contribution is 5.96. The van der Waals surface area contributed by atoms with E-state index in [1.54, 1.807) is 54.9 Å². The van der Waals surface area contributed by atoms with Crippen molar-refractivity contribution in [3.8, 4) is 23.2 Å². The molecule has 11 N–H and O–H groups in total. The maximum atomic E-state index is 15.6. The van der Waals surface area contributed by atoms with Crippen LogP contribution in [-0.4, -0.2) is 284 Å². The Hall–Kier alpha value is -10.9. The van der Waals surface area contributed by atoms with Gasteiger partial charge in [-0.05, 0) is 119 Å². The molecule has 0 bridgehead atoms. The standard InChI is InChI=1S/C92H128FN15O25/c1-4-92(121)67-50-74-86-65(55-107(74)90(119)66(67)56-133-91(92)120)85-69(27-26-64-61(3)68(93)51-71(104-86)84(64)85)101-83(116)57-130-60-100-79(112)53-99-89(118)72(49-62-19-11-9-12-20-62)103-80(113)54-97-78(111)52-98-88(117)70(102-77(110)29-34-123-38-42-127-46-48-128-43-39-124-35-30-95-81(114)58-131-63-21-13-7-6-8-14-22-63)23-17-18-32-108-73-24-15-10-16-25-75(87(73)105-106-108)132-59-82(115)96-31-36-125-40-44-129-47-45-126-41-37-122-33-28-76(109)94-5-2/h9,11-12,19-20,50-51,63,69-70,72,75,121H,4-8,10,13,15-18,21,23-49,52-60H2,1-3H3,(H,94,109)(H,95,114)(H,96,115)(H,97,111)(H,98,117)(H,99,118)(H,100,112)(H,101,116)(H,102,110)(H,103,113)/t63?,69-,70+,72-,75?,92-/m0/s1. The minimum Gasteiger partial charge on any atom is -0.458 e. The summed E-state index contributed by atoms with van der Waals surface area (Å²) in [6.45, 7) is 7.83. The number of carbonyl (C=O) groups excluding carboxylic acids is 11. The van der Waals surface area contributed by atoms with E-state index in [9.17, 15) is 62.6 Å². The van der Waals surface area contributed by atoms with Gasteiger partial charge in [-0.15, -0.1) is 11.0 Å². The van der Waals surface area contributed by atoms with Crippen LogP contribution in [0.4, 0.5) is 4.39 Å². The highest BCUT2D eigenvalue weighted by Crippen LogP contribution is 2.46. The van der Waals surface area contributed by atoms with Gasteiger partial charge in [0, 0.05) is 74.4 Å². The second-order valence-electron chi connectivity index (χ2n) is 32.5. The van der Waals surface area contributed by atoms with E-state index in [-0.39, 0.29) is 139 Å². The van der Waals surface area contributed by atoms with Crippen molar-refractivity contribution in [1.29, 1.82) is 0 Å². The molecule has 5 aliphatic rings. The van der Waals surface area contributed by atoms with Gasteiger partial charge < -0.3 is 120 Å². The number of cyclic esters (lactones) is 1. The van der Waals surface area contributed by atoms with Crippen molar-refractivity contribution < 1.29 is 119 Å². The van der Waals surface area contributed by atoms with E-state index in [0.29, 0.717) is 181 Å². The van der Waals surface area contributed by atoms with Crippen LogP contribution >= 0.6 is 0 Å². The largest absolute Gasteiger partial charge is 0.458 e. The van der Waals surface area contributed by atoms with Crippen LogP contribution in [0, 0.1) is 24.6 Å². The van der Waals surface area contributed by atoms with Gasteiger partial charge in [0.2, 0.25) is 59.1 Å². The van der Waals surface area contributed by atoms with Gasteiger partial charge in [0.1, 0.15) is 69.0 Å². The van der Waals surface area contributed by atoms with Crippen molar-refractivity contribution in [3.63, 3.8) is 0 Å². The fourth-order valence-corrected chi connectivity index (χ4v) is 15.9. The molecule has 0 saturated heterocycles. The van der Waals surface area contributed by atoms with Crippen LogP contribution < -0.4 is 58.7 Å². The van der Waals surface area contributed by atoms with E-state index in [0.717, 1.165) is 57.1 Å². The number of esters is 1. The highest BCUT2D eigenvalue weighted by Gasteiger charge is 2.46. The zero-order chi connectivity index (χ0) is 94.5. The summed E-state index contributed by atoms with van der Waals surface area (Å²) in [6.07, 6.45) is 9.89. The van der Waals surface area contributed by atoms with Crippen molar-refractivity contribution in [1.82, 2.24) is 77.7 Å². The van der Waals surface area contributed by atoms with Crippen LogP contribution in [0.25, 0.3) is 22.3 Å². The van der Waals surface area contributed by atoms with Gasteiger partial charge in [-0.3, -0.25) is 52.7 Å². The summed E-state index contributed by atoms with van der Waals surface area (Å²) in [6, 6.07) is 8.49. The van der Waals surface area contributed by atoms with Crippen molar-refractivity contribution >= 4 is 75.9 Å². The second-order valence-corrected chi connectivity index (χ2v) is 32.5. The van der Waals surface area contributed by atoms with E-state index < -0.39 is 121 Å². The van der Waals surface area contributed by atoms with E-state index in [1.165, 1.54) is 10.6 Å². The number of rotatable bonds is 60. The molecule has 10 amide bonds. The fraction of sp³-hybridized carbons (Fsp3) is 0.620. The Morgan fingerprint density at radius 1 is 0.594 bits per heavy atom. The molecule has 728 valence electrons. The van der Waals surface area contributed by atoms with E-state index in [1.807, 2.05) is 6.92 Å². The Bertz CT molecular complexity index is 4840. The summed E-state index contributed by atoms with van der Waals surface area (Å²) in [4.78, 5) is 164. The average Bonchev–Trinajstić information content (AvgIpc) is 1.57. The maximum absolute atomic E-state index is 15.6. The lowest BCUT2D eigenvalue weighted by atomic mass is 9.81. The number of aliphatic hydroxyl groups is 1. The molecule has 5 aromatic rings. The van der Waals surface area contributed by atoms with E-state index in [4.69, 9.17) is 61.8 Å². The van der Waals surface area contributed by atoms with Crippen LogP contribution in [0.2, 0.25) is 0 Å². The first-order valence-electron chi connectivity index (χ1n) is 46.1. The van der Waals surface area contributed by atoms with Crippen LogP contribution in [0.15, 0.2) is 47.3 Å². The Morgan fingerprint density at radius 2 is 1.20 bits per heavy atom. The third-order valence-corrected chi connectivity index (χ3v) is 22.9. The maximum Gasteiger partial charge on any atom is 0.343 e. The summed E-state index contributed by atoms with van der Waals surface area (Å²) in [5.41, 5.74) is 3.08. The summed E-state index contributed by atoms with van der Waals surface area (Å²) in [7, 11) is 0. The number of aromatic nitrogens is 5. The number of halogens is 1. The normalized spacial score (nSPS) is 16.9. The summed E-state index contributed by atoms with van der Waals surface area (Å²) in [5.74, 6) is -0.619. The van der Waals surface area contributed by atoms with E-state index in [2.05, 4.69) is 75.3 Å². The van der Waals surface area contributed by atoms with Crippen LogP contribution in [0.5, 0.6) is 0 Å². The molecule has 0 radical (unpaired) electrons. The molecule has 41 heteroatoms. The number of amides is 10. The lowest BCUT2D eigenvalue weighted by Crippen LogP contribution is -2.53. The molecule has 6 atom stereocenters. The van der Waals surface area contributed by atoms with Gasteiger partial charge in [-0.1, -0.05) is 67.7 Å². The SMILES string of the molecule is CCNC(=O)CCOCCOCCOCCOCCNC(=O)COC1CCCCCc2c1nnn2CCCC[C@@H](NC(=O)CCOCCOCCOCCOCCNC(=O)COC1C#CCCCCC1)C(=O)NCC(=O)NCC(=O)N[C@@H](Cc1ccccc1)C(=O)NCC(=O)NCOCC(=O)N[C@H]1CCc2c(C)c(F)cc3nc4c(c1c23)Cn1c-4cc2c(c1=O)COC(=O)[C@]2(O)CC. The number of aryl methyl sites for hydroxylation is 2. The zero-order valence-electron chi connectivity index (χ0n) is 76.2. The number of benzene rings is 2.